The van der Waals surface area contributed by atoms with Crippen molar-refractivity contribution in [1.29, 1.82) is 0 Å². The fraction of sp³-hybridized carbons (Fsp3) is 0.471. The van der Waals surface area contributed by atoms with Crippen LogP contribution in [0.4, 0.5) is 10.1 Å². The molecule has 2 amide bonds. The number of benzene rings is 1. The number of amides is 2. The average molecular weight is 334 g/mol. The number of halogens is 1. The molecule has 1 heterocycles. The molecule has 24 heavy (non-hydrogen) atoms. The summed E-state index contributed by atoms with van der Waals surface area (Å²) in [5, 5.41) is 12.1. The van der Waals surface area contributed by atoms with Crippen LogP contribution in [0.2, 0.25) is 0 Å². The number of hydrogen-bond donors (Lipinski definition) is 2. The molecule has 2 atom stereocenters. The summed E-state index contributed by atoms with van der Waals surface area (Å²) in [6.45, 7) is 1.76. The van der Waals surface area contributed by atoms with E-state index in [1.807, 2.05) is 0 Å². The van der Waals surface area contributed by atoms with Crippen molar-refractivity contribution in [2.75, 3.05) is 18.4 Å². The molecule has 7 heteroatoms. The van der Waals surface area contributed by atoms with Gasteiger partial charge < -0.3 is 15.3 Å². The SMILES string of the molecule is CC(=O)Nc1ccc(F)c(C(=O)N2C[C@@H]3CCC[C@@]3(C(=O)O)C2)c1. The second-order valence-electron chi connectivity index (χ2n) is 6.61. The second kappa shape index (κ2) is 5.89. The number of anilines is 1. The normalized spacial score (nSPS) is 25.4. The summed E-state index contributed by atoms with van der Waals surface area (Å²) in [5.41, 5.74) is -0.720. The van der Waals surface area contributed by atoms with Gasteiger partial charge in [0, 0.05) is 25.7 Å². The number of fused-ring (bicyclic) bond motifs is 1. The molecule has 2 N–H and O–H groups in total. The van der Waals surface area contributed by atoms with Gasteiger partial charge in [-0.15, -0.1) is 0 Å². The second-order valence-corrected chi connectivity index (χ2v) is 6.61. The first kappa shape index (κ1) is 16.4. The van der Waals surface area contributed by atoms with Crippen LogP contribution in [-0.2, 0) is 9.59 Å². The number of likely N-dealkylation sites (tertiary alicyclic amines) is 1. The Bertz CT molecular complexity index is 721. The van der Waals surface area contributed by atoms with Gasteiger partial charge in [-0.1, -0.05) is 6.42 Å². The van der Waals surface area contributed by atoms with Crippen LogP contribution in [-0.4, -0.2) is 40.9 Å². The zero-order valence-corrected chi connectivity index (χ0v) is 13.3. The molecule has 0 aromatic heterocycles. The molecule has 0 bridgehead atoms. The number of carboxylic acid groups (broad SMARTS) is 1. The lowest BCUT2D eigenvalue weighted by Gasteiger charge is -2.23. The van der Waals surface area contributed by atoms with Gasteiger partial charge in [-0.05, 0) is 37.0 Å². The Morgan fingerprint density at radius 3 is 2.75 bits per heavy atom. The van der Waals surface area contributed by atoms with E-state index in [0.717, 1.165) is 18.9 Å². The largest absolute Gasteiger partial charge is 0.481 e. The zero-order chi connectivity index (χ0) is 17.5. The van der Waals surface area contributed by atoms with E-state index in [0.29, 0.717) is 18.7 Å². The lowest BCUT2D eigenvalue weighted by Crippen LogP contribution is -2.37. The number of rotatable bonds is 3. The monoisotopic (exact) mass is 334 g/mol. The molecule has 6 nitrogen and oxygen atoms in total. The first-order chi connectivity index (χ1) is 11.3. The third kappa shape index (κ3) is 2.64. The van der Waals surface area contributed by atoms with Crippen LogP contribution in [0.5, 0.6) is 0 Å². The molecule has 3 rings (SSSR count). The predicted octanol–water partition coefficient (Wildman–Crippen LogP) is 2.11. The Kier molecular flexibility index (Phi) is 4.03. The highest BCUT2D eigenvalue weighted by atomic mass is 19.1. The Labute approximate surface area is 138 Å². The Morgan fingerprint density at radius 1 is 1.38 bits per heavy atom. The van der Waals surface area contributed by atoms with Crippen LogP contribution in [0, 0.1) is 17.2 Å². The van der Waals surface area contributed by atoms with Crippen molar-refractivity contribution in [2.45, 2.75) is 26.2 Å². The van der Waals surface area contributed by atoms with E-state index in [4.69, 9.17) is 0 Å². The van der Waals surface area contributed by atoms with E-state index >= 15 is 0 Å². The Balaban J connectivity index is 1.85. The number of nitrogens with one attached hydrogen (secondary N) is 1. The molecule has 0 spiro atoms. The van der Waals surface area contributed by atoms with Gasteiger partial charge in [0.15, 0.2) is 0 Å². The van der Waals surface area contributed by atoms with Gasteiger partial charge in [-0.25, -0.2) is 4.39 Å². The minimum atomic E-state index is -0.901. The lowest BCUT2D eigenvalue weighted by atomic mass is 9.81. The molecule has 0 unspecified atom stereocenters. The fourth-order valence-electron chi connectivity index (χ4n) is 3.93. The molecule has 128 valence electrons. The molecule has 1 aromatic rings. The number of hydrogen-bond acceptors (Lipinski definition) is 3. The third-order valence-electron chi connectivity index (χ3n) is 5.10. The quantitative estimate of drug-likeness (QED) is 0.886. The number of nitrogens with zero attached hydrogens (tertiary/aromatic N) is 1. The highest BCUT2D eigenvalue weighted by molar-refractivity contribution is 5.97. The van der Waals surface area contributed by atoms with Crippen LogP contribution >= 0.6 is 0 Å². The Morgan fingerprint density at radius 2 is 2.12 bits per heavy atom. The van der Waals surface area contributed by atoms with Crippen molar-refractivity contribution in [2.24, 2.45) is 11.3 Å². The van der Waals surface area contributed by atoms with Gasteiger partial charge in [0.1, 0.15) is 5.82 Å². The van der Waals surface area contributed by atoms with E-state index in [1.165, 1.54) is 24.0 Å². The van der Waals surface area contributed by atoms with Crippen molar-refractivity contribution in [3.05, 3.63) is 29.6 Å². The minimum absolute atomic E-state index is 0.0828. The van der Waals surface area contributed by atoms with E-state index in [-0.39, 0.29) is 23.9 Å². The summed E-state index contributed by atoms with van der Waals surface area (Å²) in [6, 6.07) is 3.80. The van der Waals surface area contributed by atoms with Crippen LogP contribution in [0.1, 0.15) is 36.5 Å². The third-order valence-corrected chi connectivity index (χ3v) is 5.10. The fourth-order valence-corrected chi connectivity index (χ4v) is 3.93. The Hall–Kier alpha value is -2.44. The first-order valence-corrected chi connectivity index (χ1v) is 7.93. The molecular weight excluding hydrogens is 315 g/mol. The molecule has 1 aromatic carbocycles. The molecule has 2 aliphatic rings. The van der Waals surface area contributed by atoms with Crippen molar-refractivity contribution in [3.8, 4) is 0 Å². The molecule has 1 saturated carbocycles. The lowest BCUT2D eigenvalue weighted by molar-refractivity contribution is -0.149. The van der Waals surface area contributed by atoms with Gasteiger partial charge >= 0.3 is 5.97 Å². The predicted molar refractivity (Wildman–Crippen MR) is 84.0 cm³/mol. The van der Waals surface area contributed by atoms with Crippen LogP contribution in [0.3, 0.4) is 0 Å². The summed E-state index contributed by atoms with van der Waals surface area (Å²) in [6.07, 6.45) is 2.15. The highest BCUT2D eigenvalue weighted by Gasteiger charge is 2.55. The van der Waals surface area contributed by atoms with Gasteiger partial charge in [-0.2, -0.15) is 0 Å². The number of carbonyl (C=O) groups is 3. The van der Waals surface area contributed by atoms with Crippen LogP contribution in [0.25, 0.3) is 0 Å². The van der Waals surface area contributed by atoms with Gasteiger partial charge in [0.05, 0.1) is 11.0 Å². The van der Waals surface area contributed by atoms with Gasteiger partial charge in [0.25, 0.3) is 5.91 Å². The maximum Gasteiger partial charge on any atom is 0.311 e. The summed E-state index contributed by atoms with van der Waals surface area (Å²) >= 11 is 0. The van der Waals surface area contributed by atoms with Crippen molar-refractivity contribution >= 4 is 23.5 Å². The molecule has 0 radical (unpaired) electrons. The molecule has 1 aliphatic carbocycles. The molecule has 1 aliphatic heterocycles. The topological polar surface area (TPSA) is 86.7 Å². The minimum Gasteiger partial charge on any atom is -0.481 e. The summed E-state index contributed by atoms with van der Waals surface area (Å²) in [7, 11) is 0. The van der Waals surface area contributed by atoms with Gasteiger partial charge in [-0.3, -0.25) is 14.4 Å². The highest BCUT2D eigenvalue weighted by Crippen LogP contribution is 2.49. The summed E-state index contributed by atoms with van der Waals surface area (Å²) in [5.74, 6) is -2.50. The molecular formula is C17H19FN2O4. The molecule has 2 fully saturated rings. The average Bonchev–Trinajstić information content (AvgIpc) is 3.06. The summed E-state index contributed by atoms with van der Waals surface area (Å²) in [4.78, 5) is 36.9. The van der Waals surface area contributed by atoms with Crippen LogP contribution in [0.15, 0.2) is 18.2 Å². The standard InChI is InChI=1S/C17H19FN2O4/c1-10(21)19-12-4-5-14(18)13(7-12)15(22)20-8-11-3-2-6-17(11,9-20)16(23)24/h4-5,7,11H,2-3,6,8-9H2,1H3,(H,19,21)(H,23,24)/t11-,17+/m0/s1. The smallest absolute Gasteiger partial charge is 0.311 e. The van der Waals surface area contributed by atoms with Crippen molar-refractivity contribution in [1.82, 2.24) is 4.90 Å². The van der Waals surface area contributed by atoms with E-state index in [2.05, 4.69) is 5.32 Å². The zero-order valence-electron chi connectivity index (χ0n) is 13.3. The van der Waals surface area contributed by atoms with Crippen LogP contribution < -0.4 is 5.32 Å². The van der Waals surface area contributed by atoms with Crippen molar-refractivity contribution < 1.29 is 23.9 Å². The van der Waals surface area contributed by atoms with E-state index in [1.54, 1.807) is 0 Å². The number of carboxylic acids is 1. The maximum absolute atomic E-state index is 14.1. The first-order valence-electron chi connectivity index (χ1n) is 7.93. The maximum atomic E-state index is 14.1. The number of aliphatic carboxylic acids is 1. The van der Waals surface area contributed by atoms with Gasteiger partial charge in [0.2, 0.25) is 5.91 Å². The summed E-state index contributed by atoms with van der Waals surface area (Å²) < 4.78 is 14.1. The van der Waals surface area contributed by atoms with E-state index in [9.17, 15) is 23.9 Å². The van der Waals surface area contributed by atoms with E-state index < -0.39 is 23.1 Å². The molecule has 1 saturated heterocycles. The number of carbonyl (C=O) groups excluding carboxylic acids is 2. The van der Waals surface area contributed by atoms with Crippen molar-refractivity contribution in [3.63, 3.8) is 0 Å².